The molecule has 2 unspecified atom stereocenters. The summed E-state index contributed by atoms with van der Waals surface area (Å²) in [7, 11) is 0. The molecule has 124 valence electrons. The van der Waals surface area contributed by atoms with Crippen LogP contribution in [-0.4, -0.2) is 29.9 Å². The van der Waals surface area contributed by atoms with Gasteiger partial charge >= 0.3 is 0 Å². The van der Waals surface area contributed by atoms with E-state index in [0.29, 0.717) is 18.5 Å². The molecule has 1 fully saturated rings. The molecule has 5 heteroatoms. The van der Waals surface area contributed by atoms with Crippen molar-refractivity contribution in [3.05, 3.63) is 21.4 Å². The molecule has 2 atom stereocenters. The van der Waals surface area contributed by atoms with Gasteiger partial charge in [-0.05, 0) is 63.1 Å². The molecule has 0 radical (unpaired) electrons. The molecule has 2 N–H and O–H groups in total. The van der Waals surface area contributed by atoms with Crippen LogP contribution in [0.3, 0.4) is 0 Å². The number of nitrogens with two attached hydrogens (primary N) is 1. The highest BCUT2D eigenvalue weighted by Gasteiger charge is 2.33. The predicted molar refractivity (Wildman–Crippen MR) is 95.1 cm³/mol. The van der Waals surface area contributed by atoms with Gasteiger partial charge in [0.2, 0.25) is 0 Å². The summed E-state index contributed by atoms with van der Waals surface area (Å²) in [5, 5.41) is 0. The second-order valence-corrected chi connectivity index (χ2v) is 7.75. The molecule has 3 rings (SSSR count). The van der Waals surface area contributed by atoms with E-state index in [1.165, 1.54) is 36.1 Å². The summed E-state index contributed by atoms with van der Waals surface area (Å²) in [5.41, 5.74) is 7.21. The summed E-state index contributed by atoms with van der Waals surface area (Å²) < 4.78 is 0. The van der Waals surface area contributed by atoms with E-state index in [-0.39, 0.29) is 18.3 Å². The van der Waals surface area contributed by atoms with E-state index in [1.54, 1.807) is 11.3 Å². The summed E-state index contributed by atoms with van der Waals surface area (Å²) in [6.07, 6.45) is 8.58. The second kappa shape index (κ2) is 7.80. The Hall–Kier alpha value is -0.580. The Bertz CT molecular complexity index is 491. The highest BCUT2D eigenvalue weighted by atomic mass is 35.5. The van der Waals surface area contributed by atoms with E-state index < -0.39 is 0 Å². The van der Waals surface area contributed by atoms with E-state index in [0.717, 1.165) is 30.7 Å². The standard InChI is InChI=1S/C17H26N2OS.ClH/c1-12-8-13(10-18)11-19(12)17(20)16-9-14-6-4-2-3-5-7-15(14)21-16;/h9,12-13H,2-8,10-11,18H2,1H3;1H. The fraction of sp³-hybridized carbons (Fsp3) is 0.706. The zero-order valence-corrected chi connectivity index (χ0v) is 15.0. The van der Waals surface area contributed by atoms with Gasteiger partial charge in [-0.2, -0.15) is 0 Å². The van der Waals surface area contributed by atoms with Gasteiger partial charge in [-0.1, -0.05) is 12.8 Å². The van der Waals surface area contributed by atoms with E-state index >= 15 is 0 Å². The van der Waals surface area contributed by atoms with E-state index in [4.69, 9.17) is 5.73 Å². The molecule has 1 aromatic rings. The van der Waals surface area contributed by atoms with Crippen molar-refractivity contribution in [2.24, 2.45) is 11.7 Å². The summed E-state index contributed by atoms with van der Waals surface area (Å²) >= 11 is 1.74. The molecule has 0 bridgehead atoms. The average Bonchev–Trinajstić information content (AvgIpc) is 3.02. The highest BCUT2D eigenvalue weighted by molar-refractivity contribution is 7.14. The largest absolute Gasteiger partial charge is 0.335 e. The lowest BCUT2D eigenvalue weighted by atomic mass is 10.00. The summed E-state index contributed by atoms with van der Waals surface area (Å²) in [4.78, 5) is 17.3. The second-order valence-electron chi connectivity index (χ2n) is 6.62. The third-order valence-electron chi connectivity index (χ3n) is 4.96. The van der Waals surface area contributed by atoms with Crippen molar-refractivity contribution < 1.29 is 4.79 Å². The number of aryl methyl sites for hydroxylation is 2. The fourth-order valence-corrected chi connectivity index (χ4v) is 4.90. The van der Waals surface area contributed by atoms with Crippen LogP contribution in [0, 0.1) is 5.92 Å². The Morgan fingerprint density at radius 1 is 1.32 bits per heavy atom. The lowest BCUT2D eigenvalue weighted by molar-refractivity contribution is 0.0748. The van der Waals surface area contributed by atoms with Crippen molar-refractivity contribution in [2.75, 3.05) is 13.1 Å². The molecule has 0 saturated carbocycles. The van der Waals surface area contributed by atoms with Crippen molar-refractivity contribution in [3.63, 3.8) is 0 Å². The van der Waals surface area contributed by atoms with Crippen molar-refractivity contribution in [1.82, 2.24) is 4.90 Å². The number of hydrogen-bond donors (Lipinski definition) is 1. The van der Waals surface area contributed by atoms with Crippen molar-refractivity contribution in [1.29, 1.82) is 0 Å². The van der Waals surface area contributed by atoms with Crippen LogP contribution in [0.1, 0.15) is 59.1 Å². The molecule has 2 heterocycles. The minimum absolute atomic E-state index is 0. The quantitative estimate of drug-likeness (QED) is 0.891. The lowest BCUT2D eigenvalue weighted by Crippen LogP contribution is -2.33. The molecule has 1 saturated heterocycles. The third kappa shape index (κ3) is 3.66. The normalized spacial score (nSPS) is 25.1. The number of fused-ring (bicyclic) bond motifs is 1. The number of hydrogen-bond acceptors (Lipinski definition) is 3. The molecule has 0 aromatic carbocycles. The number of carbonyl (C=O) groups is 1. The van der Waals surface area contributed by atoms with Gasteiger partial charge < -0.3 is 10.6 Å². The Labute approximate surface area is 143 Å². The number of nitrogens with zero attached hydrogens (tertiary/aromatic N) is 1. The van der Waals surface area contributed by atoms with Crippen LogP contribution in [0.4, 0.5) is 0 Å². The Morgan fingerprint density at radius 3 is 2.73 bits per heavy atom. The topological polar surface area (TPSA) is 46.3 Å². The van der Waals surface area contributed by atoms with Gasteiger partial charge in [-0.3, -0.25) is 4.79 Å². The van der Waals surface area contributed by atoms with Crippen LogP contribution in [-0.2, 0) is 12.8 Å². The maximum Gasteiger partial charge on any atom is 0.264 e. The smallest absolute Gasteiger partial charge is 0.264 e. The number of halogens is 1. The summed E-state index contributed by atoms with van der Waals surface area (Å²) in [5.74, 6) is 0.708. The van der Waals surface area contributed by atoms with Crippen molar-refractivity contribution >= 4 is 29.7 Å². The molecule has 1 aromatic heterocycles. The van der Waals surface area contributed by atoms with Crippen LogP contribution in [0.25, 0.3) is 0 Å². The first kappa shape index (κ1) is 17.8. The first-order valence-corrected chi connectivity index (χ1v) is 9.13. The molecule has 1 aliphatic heterocycles. The van der Waals surface area contributed by atoms with Gasteiger partial charge in [0, 0.05) is 17.5 Å². The minimum atomic E-state index is 0. The molecular weight excluding hydrogens is 316 g/mol. The molecule has 0 spiro atoms. The van der Waals surface area contributed by atoms with Crippen molar-refractivity contribution in [2.45, 2.75) is 57.9 Å². The zero-order valence-electron chi connectivity index (χ0n) is 13.3. The van der Waals surface area contributed by atoms with Crippen LogP contribution in [0.15, 0.2) is 6.07 Å². The Balaban J connectivity index is 0.00000176. The zero-order chi connectivity index (χ0) is 14.8. The number of thiophene rings is 1. The SMILES string of the molecule is CC1CC(CN)CN1C(=O)c1cc2c(s1)CCCCCC2.Cl. The minimum Gasteiger partial charge on any atom is -0.335 e. The van der Waals surface area contributed by atoms with Crippen molar-refractivity contribution in [3.8, 4) is 0 Å². The monoisotopic (exact) mass is 342 g/mol. The lowest BCUT2D eigenvalue weighted by Gasteiger charge is -2.20. The van der Waals surface area contributed by atoms with Crippen LogP contribution in [0.2, 0.25) is 0 Å². The van der Waals surface area contributed by atoms with Gasteiger partial charge in [0.25, 0.3) is 5.91 Å². The van der Waals surface area contributed by atoms with Gasteiger partial charge in [0.15, 0.2) is 0 Å². The van der Waals surface area contributed by atoms with Gasteiger partial charge in [-0.25, -0.2) is 0 Å². The van der Waals surface area contributed by atoms with Crippen LogP contribution >= 0.6 is 23.7 Å². The Kier molecular flexibility index (Phi) is 6.30. The number of rotatable bonds is 2. The molecule has 3 nitrogen and oxygen atoms in total. The summed E-state index contributed by atoms with van der Waals surface area (Å²) in [6.45, 7) is 3.67. The maximum absolute atomic E-state index is 12.8. The van der Waals surface area contributed by atoms with E-state index in [2.05, 4.69) is 13.0 Å². The van der Waals surface area contributed by atoms with Gasteiger partial charge in [0.1, 0.15) is 0 Å². The van der Waals surface area contributed by atoms with Gasteiger partial charge in [-0.15, -0.1) is 23.7 Å². The molecule has 2 aliphatic rings. The molecule has 22 heavy (non-hydrogen) atoms. The molecule has 1 aliphatic carbocycles. The first-order chi connectivity index (χ1) is 10.2. The van der Waals surface area contributed by atoms with Crippen LogP contribution in [0.5, 0.6) is 0 Å². The third-order valence-corrected chi connectivity index (χ3v) is 6.19. The average molecular weight is 343 g/mol. The molecule has 1 amide bonds. The number of amides is 1. The fourth-order valence-electron chi connectivity index (χ4n) is 3.69. The predicted octanol–water partition coefficient (Wildman–Crippen LogP) is 3.64. The first-order valence-electron chi connectivity index (χ1n) is 8.31. The molecular formula is C17H27ClN2OS. The summed E-state index contributed by atoms with van der Waals surface area (Å²) in [6, 6.07) is 2.51. The number of carbonyl (C=O) groups excluding carboxylic acids is 1. The van der Waals surface area contributed by atoms with E-state index in [1.807, 2.05) is 4.90 Å². The Morgan fingerprint density at radius 2 is 2.05 bits per heavy atom. The van der Waals surface area contributed by atoms with Crippen LogP contribution < -0.4 is 5.73 Å². The van der Waals surface area contributed by atoms with E-state index in [9.17, 15) is 4.79 Å². The maximum atomic E-state index is 12.8. The highest BCUT2D eigenvalue weighted by Crippen LogP contribution is 2.31. The van der Waals surface area contributed by atoms with Gasteiger partial charge in [0.05, 0.1) is 4.88 Å². The number of likely N-dealkylation sites (tertiary alicyclic amines) is 1.